The molecule has 168 valence electrons. The summed E-state index contributed by atoms with van der Waals surface area (Å²) in [6, 6.07) is 9.96. The molecule has 0 spiro atoms. The highest BCUT2D eigenvalue weighted by atomic mass is 35.5. The van der Waals surface area contributed by atoms with Crippen molar-refractivity contribution in [3.05, 3.63) is 51.5 Å². The molecular weight excluding hydrogens is 483 g/mol. The van der Waals surface area contributed by atoms with Gasteiger partial charge in [0, 0.05) is 24.2 Å². The van der Waals surface area contributed by atoms with Crippen LogP contribution in [0.25, 0.3) is 0 Å². The van der Waals surface area contributed by atoms with Crippen molar-refractivity contribution in [2.45, 2.75) is 23.8 Å². The molecule has 0 saturated carbocycles. The first-order valence-corrected chi connectivity index (χ1v) is 12.7. The van der Waals surface area contributed by atoms with Gasteiger partial charge in [-0.2, -0.15) is 0 Å². The Morgan fingerprint density at radius 3 is 2.61 bits per heavy atom. The second kappa shape index (κ2) is 9.73. The van der Waals surface area contributed by atoms with Crippen LogP contribution in [0.1, 0.15) is 12.8 Å². The van der Waals surface area contributed by atoms with Gasteiger partial charge in [0.2, 0.25) is 10.0 Å². The third-order valence-electron chi connectivity index (χ3n) is 5.56. The average molecular weight is 506 g/mol. The number of likely N-dealkylation sites (tertiary alicyclic amines) is 1. The van der Waals surface area contributed by atoms with Crippen molar-refractivity contribution < 1.29 is 17.9 Å². The lowest BCUT2D eigenvalue weighted by atomic mass is 9.97. The number of piperidine rings is 1. The van der Waals surface area contributed by atoms with E-state index in [0.29, 0.717) is 29.7 Å². The molecule has 1 atom stereocenters. The highest BCUT2D eigenvalue weighted by molar-refractivity contribution is 7.89. The van der Waals surface area contributed by atoms with Crippen LogP contribution >= 0.6 is 34.8 Å². The van der Waals surface area contributed by atoms with Gasteiger partial charge in [-0.3, -0.25) is 4.90 Å². The number of halogens is 3. The van der Waals surface area contributed by atoms with Crippen LogP contribution in [-0.4, -0.2) is 52.2 Å². The number of nitrogens with one attached hydrogen (secondary N) is 1. The second-order valence-corrected chi connectivity index (χ2v) is 10.7. The number of ether oxygens (including phenoxy) is 2. The lowest BCUT2D eigenvalue weighted by molar-refractivity contribution is 0.0481. The van der Waals surface area contributed by atoms with E-state index in [1.54, 1.807) is 24.3 Å². The van der Waals surface area contributed by atoms with E-state index < -0.39 is 10.0 Å². The SMILES string of the molecule is O=S(=O)(NCC1CCN(C[C@H]2COc3ccc(Cl)cc3O2)CC1)c1cccc(Cl)c1Cl. The number of fused-ring (bicyclic) bond motifs is 1. The average Bonchev–Trinajstić information content (AvgIpc) is 2.75. The fourth-order valence-corrected chi connectivity index (χ4v) is 5.88. The smallest absolute Gasteiger partial charge is 0.242 e. The number of hydrogen-bond donors (Lipinski definition) is 1. The number of sulfonamides is 1. The lowest BCUT2D eigenvalue weighted by Gasteiger charge is -2.35. The standard InChI is InChI=1S/C21H23Cl3N2O4S/c22-15-4-5-18-19(10-15)30-16(13-29-18)12-26-8-6-14(7-9-26)11-25-31(27,28)20-3-1-2-17(23)21(20)24/h1-5,10,14,16,25H,6-9,11-13H2/t16-/m0/s1. The minimum Gasteiger partial charge on any atom is -0.486 e. The van der Waals surface area contributed by atoms with Crippen molar-refractivity contribution in [2.75, 3.05) is 32.8 Å². The van der Waals surface area contributed by atoms with Gasteiger partial charge >= 0.3 is 0 Å². The molecule has 0 bridgehead atoms. The zero-order chi connectivity index (χ0) is 22.0. The highest BCUT2D eigenvalue weighted by Gasteiger charge is 2.27. The van der Waals surface area contributed by atoms with Crippen LogP contribution in [0.5, 0.6) is 11.5 Å². The Bertz CT molecular complexity index is 1040. The van der Waals surface area contributed by atoms with Gasteiger partial charge in [-0.1, -0.05) is 40.9 Å². The maximum atomic E-state index is 12.6. The summed E-state index contributed by atoms with van der Waals surface area (Å²) in [5.41, 5.74) is 0. The molecule has 31 heavy (non-hydrogen) atoms. The van der Waals surface area contributed by atoms with Gasteiger partial charge in [0.15, 0.2) is 11.5 Å². The summed E-state index contributed by atoms with van der Waals surface area (Å²) in [7, 11) is -3.71. The Hall–Kier alpha value is -1.22. The minimum absolute atomic E-state index is 0.00827. The van der Waals surface area contributed by atoms with Crippen molar-refractivity contribution in [3.63, 3.8) is 0 Å². The topological polar surface area (TPSA) is 67.9 Å². The molecule has 0 radical (unpaired) electrons. The normalized spacial score (nSPS) is 20.0. The molecule has 2 heterocycles. The molecule has 10 heteroatoms. The molecule has 6 nitrogen and oxygen atoms in total. The first-order chi connectivity index (χ1) is 14.8. The fraction of sp³-hybridized carbons (Fsp3) is 0.429. The largest absolute Gasteiger partial charge is 0.486 e. The second-order valence-electron chi connectivity index (χ2n) is 7.79. The first-order valence-electron chi connectivity index (χ1n) is 10.1. The third-order valence-corrected chi connectivity index (χ3v) is 8.19. The predicted molar refractivity (Wildman–Crippen MR) is 122 cm³/mol. The molecule has 2 aromatic rings. The molecule has 2 aliphatic heterocycles. The van der Waals surface area contributed by atoms with E-state index in [2.05, 4.69) is 9.62 Å². The zero-order valence-corrected chi connectivity index (χ0v) is 19.8. The molecule has 0 aliphatic carbocycles. The summed E-state index contributed by atoms with van der Waals surface area (Å²) in [5.74, 6) is 1.64. The fourth-order valence-electron chi connectivity index (χ4n) is 3.84. The third kappa shape index (κ3) is 5.59. The monoisotopic (exact) mass is 504 g/mol. The minimum atomic E-state index is -3.71. The summed E-state index contributed by atoms with van der Waals surface area (Å²) in [6.07, 6.45) is 1.72. The van der Waals surface area contributed by atoms with E-state index >= 15 is 0 Å². The molecule has 1 fully saturated rings. The van der Waals surface area contributed by atoms with Gasteiger partial charge in [0.1, 0.15) is 17.6 Å². The van der Waals surface area contributed by atoms with E-state index in [1.807, 2.05) is 6.07 Å². The summed E-state index contributed by atoms with van der Waals surface area (Å²) >= 11 is 18.0. The Morgan fingerprint density at radius 2 is 1.84 bits per heavy atom. The van der Waals surface area contributed by atoms with E-state index in [4.69, 9.17) is 44.3 Å². The van der Waals surface area contributed by atoms with E-state index in [9.17, 15) is 8.42 Å². The van der Waals surface area contributed by atoms with Gasteiger partial charge in [0.25, 0.3) is 0 Å². The number of benzene rings is 2. The highest BCUT2D eigenvalue weighted by Crippen LogP contribution is 2.34. The van der Waals surface area contributed by atoms with Gasteiger partial charge in [-0.25, -0.2) is 13.1 Å². The maximum absolute atomic E-state index is 12.6. The Balaban J connectivity index is 1.25. The molecule has 0 unspecified atom stereocenters. The van der Waals surface area contributed by atoms with E-state index in [0.717, 1.165) is 32.5 Å². The van der Waals surface area contributed by atoms with Crippen molar-refractivity contribution in [3.8, 4) is 11.5 Å². The van der Waals surface area contributed by atoms with Gasteiger partial charge in [-0.15, -0.1) is 0 Å². The van der Waals surface area contributed by atoms with Crippen LogP contribution in [0.4, 0.5) is 0 Å². The van der Waals surface area contributed by atoms with E-state index in [1.165, 1.54) is 6.07 Å². The molecule has 1 N–H and O–H groups in total. The Kier molecular flexibility index (Phi) is 7.20. The van der Waals surface area contributed by atoms with Crippen LogP contribution in [0.15, 0.2) is 41.3 Å². The maximum Gasteiger partial charge on any atom is 0.242 e. The molecule has 2 aromatic carbocycles. The predicted octanol–water partition coefficient (Wildman–Crippen LogP) is 4.48. The van der Waals surface area contributed by atoms with Crippen molar-refractivity contribution in [2.24, 2.45) is 5.92 Å². The van der Waals surface area contributed by atoms with Crippen molar-refractivity contribution >= 4 is 44.8 Å². The number of nitrogens with zero attached hydrogens (tertiary/aromatic N) is 1. The number of rotatable bonds is 6. The van der Waals surface area contributed by atoms with Crippen LogP contribution in [0.3, 0.4) is 0 Å². The summed E-state index contributed by atoms with van der Waals surface area (Å²) < 4.78 is 39.7. The summed E-state index contributed by atoms with van der Waals surface area (Å²) in [6.45, 7) is 3.35. The quantitative estimate of drug-likeness (QED) is 0.627. The molecule has 0 amide bonds. The molecule has 0 aromatic heterocycles. The lowest BCUT2D eigenvalue weighted by Crippen LogP contribution is -2.45. The van der Waals surface area contributed by atoms with Crippen LogP contribution < -0.4 is 14.2 Å². The van der Waals surface area contributed by atoms with Crippen molar-refractivity contribution in [1.29, 1.82) is 0 Å². The van der Waals surface area contributed by atoms with Gasteiger partial charge in [-0.05, 0) is 56.1 Å². The van der Waals surface area contributed by atoms with Crippen molar-refractivity contribution in [1.82, 2.24) is 9.62 Å². The Labute approximate surface area is 197 Å². The Morgan fingerprint density at radius 1 is 1.06 bits per heavy atom. The van der Waals surface area contributed by atoms with Crippen LogP contribution in [0.2, 0.25) is 15.1 Å². The summed E-state index contributed by atoms with van der Waals surface area (Å²) in [4.78, 5) is 2.33. The molecule has 2 aliphatic rings. The van der Waals surface area contributed by atoms with Gasteiger partial charge in [0.05, 0.1) is 10.0 Å². The molecule has 4 rings (SSSR count). The first kappa shape index (κ1) is 23.0. The van der Waals surface area contributed by atoms with Crippen LogP contribution in [-0.2, 0) is 10.0 Å². The van der Waals surface area contributed by atoms with Gasteiger partial charge < -0.3 is 9.47 Å². The zero-order valence-electron chi connectivity index (χ0n) is 16.7. The number of hydrogen-bond acceptors (Lipinski definition) is 5. The summed E-state index contributed by atoms with van der Waals surface area (Å²) in [5, 5.41) is 0.881. The van der Waals surface area contributed by atoms with E-state index in [-0.39, 0.29) is 27.0 Å². The van der Waals surface area contributed by atoms with Crippen LogP contribution in [0, 0.1) is 5.92 Å². The molecule has 1 saturated heterocycles. The molecular formula is C21H23Cl3N2O4S.